The van der Waals surface area contributed by atoms with Crippen molar-refractivity contribution in [2.75, 3.05) is 5.32 Å². The standard InChI is InChI=1S/C23H19N3OS2/c1-14-7-10-19(15(2)11-14)21(27)25-22(28)26-23-24-20(13-29-23)18-9-8-16-5-3-4-6-17(16)12-18/h3-13H,1-2H3,(H2,24,25,26,27,28). The molecule has 4 rings (SSSR count). The van der Waals surface area contributed by atoms with Crippen LogP contribution in [-0.2, 0) is 0 Å². The summed E-state index contributed by atoms with van der Waals surface area (Å²) in [7, 11) is 0. The van der Waals surface area contributed by atoms with E-state index in [1.807, 2.05) is 49.6 Å². The molecule has 6 heteroatoms. The number of carbonyl (C=O) groups excluding carboxylic acids is 1. The van der Waals surface area contributed by atoms with Crippen LogP contribution in [0.5, 0.6) is 0 Å². The van der Waals surface area contributed by atoms with Crippen molar-refractivity contribution in [3.05, 3.63) is 82.7 Å². The Bertz CT molecular complexity index is 1230. The van der Waals surface area contributed by atoms with Gasteiger partial charge in [-0.25, -0.2) is 4.98 Å². The quantitative estimate of drug-likeness (QED) is 0.420. The first-order chi connectivity index (χ1) is 14.0. The summed E-state index contributed by atoms with van der Waals surface area (Å²) in [4.78, 5) is 17.1. The van der Waals surface area contributed by atoms with E-state index in [4.69, 9.17) is 12.2 Å². The Labute approximate surface area is 178 Å². The SMILES string of the molecule is Cc1ccc(C(=O)NC(=S)Nc2nc(-c3ccc4ccccc4c3)cs2)c(C)c1. The number of nitrogens with one attached hydrogen (secondary N) is 2. The van der Waals surface area contributed by atoms with Crippen LogP contribution in [0.4, 0.5) is 5.13 Å². The second-order valence-corrected chi connectivity index (χ2v) is 8.09. The zero-order valence-electron chi connectivity index (χ0n) is 16.0. The van der Waals surface area contributed by atoms with Gasteiger partial charge in [0, 0.05) is 16.5 Å². The Morgan fingerprint density at radius 1 is 1.00 bits per heavy atom. The fraction of sp³-hybridized carbons (Fsp3) is 0.0870. The van der Waals surface area contributed by atoms with Crippen LogP contribution in [0.1, 0.15) is 21.5 Å². The van der Waals surface area contributed by atoms with Crippen LogP contribution >= 0.6 is 23.6 Å². The minimum absolute atomic E-state index is 0.230. The summed E-state index contributed by atoms with van der Waals surface area (Å²) >= 11 is 6.74. The molecule has 2 N–H and O–H groups in total. The second-order valence-electron chi connectivity index (χ2n) is 6.83. The Balaban J connectivity index is 1.45. The minimum Gasteiger partial charge on any atom is -0.308 e. The van der Waals surface area contributed by atoms with Crippen molar-refractivity contribution >= 4 is 50.5 Å². The zero-order valence-corrected chi connectivity index (χ0v) is 17.7. The van der Waals surface area contributed by atoms with Crippen LogP contribution in [0.15, 0.2) is 66.0 Å². The van der Waals surface area contributed by atoms with Crippen LogP contribution < -0.4 is 10.6 Å². The number of nitrogens with zero attached hydrogens (tertiary/aromatic N) is 1. The van der Waals surface area contributed by atoms with Crippen LogP contribution in [0, 0.1) is 13.8 Å². The number of fused-ring (bicyclic) bond motifs is 1. The van der Waals surface area contributed by atoms with Crippen molar-refractivity contribution in [1.82, 2.24) is 10.3 Å². The van der Waals surface area contributed by atoms with Crippen molar-refractivity contribution in [2.45, 2.75) is 13.8 Å². The third-order valence-electron chi connectivity index (χ3n) is 4.62. The largest absolute Gasteiger partial charge is 0.308 e. The maximum Gasteiger partial charge on any atom is 0.257 e. The van der Waals surface area contributed by atoms with E-state index in [1.54, 1.807) is 0 Å². The lowest BCUT2D eigenvalue weighted by atomic mass is 10.1. The summed E-state index contributed by atoms with van der Waals surface area (Å²) in [6, 6.07) is 20.2. The number of rotatable bonds is 3. The molecule has 1 heterocycles. The molecule has 4 nitrogen and oxygen atoms in total. The number of amides is 1. The third-order valence-corrected chi connectivity index (χ3v) is 5.59. The number of hydrogen-bond acceptors (Lipinski definition) is 4. The van der Waals surface area contributed by atoms with Crippen LogP contribution in [0.3, 0.4) is 0 Å². The highest BCUT2D eigenvalue weighted by atomic mass is 32.1. The molecule has 4 aromatic rings. The monoisotopic (exact) mass is 417 g/mol. The summed E-state index contributed by atoms with van der Waals surface area (Å²) in [5.74, 6) is -0.230. The topological polar surface area (TPSA) is 54.0 Å². The van der Waals surface area contributed by atoms with Crippen molar-refractivity contribution < 1.29 is 4.79 Å². The summed E-state index contributed by atoms with van der Waals surface area (Å²) in [5.41, 5.74) is 4.54. The number of benzene rings is 3. The van der Waals surface area contributed by atoms with E-state index in [0.29, 0.717) is 10.7 Å². The highest BCUT2D eigenvalue weighted by Crippen LogP contribution is 2.27. The maximum atomic E-state index is 12.5. The van der Waals surface area contributed by atoms with Crippen LogP contribution in [-0.4, -0.2) is 16.0 Å². The molecule has 29 heavy (non-hydrogen) atoms. The Morgan fingerprint density at radius 3 is 2.59 bits per heavy atom. The van der Waals surface area contributed by atoms with Gasteiger partial charge in [0.25, 0.3) is 5.91 Å². The molecule has 0 saturated carbocycles. The number of hydrogen-bond donors (Lipinski definition) is 2. The molecule has 0 saturated heterocycles. The van der Waals surface area contributed by atoms with Gasteiger partial charge in [-0.3, -0.25) is 10.1 Å². The second kappa shape index (κ2) is 8.11. The molecule has 144 valence electrons. The third kappa shape index (κ3) is 4.34. The molecular weight excluding hydrogens is 398 g/mol. The maximum absolute atomic E-state index is 12.5. The number of aryl methyl sites for hydroxylation is 2. The average molecular weight is 418 g/mol. The number of thiocarbonyl (C=S) groups is 1. The lowest BCUT2D eigenvalue weighted by Crippen LogP contribution is -2.34. The number of carbonyl (C=O) groups is 1. The van der Waals surface area contributed by atoms with Gasteiger partial charge in [0.05, 0.1) is 5.69 Å². The minimum atomic E-state index is -0.230. The molecule has 0 atom stereocenters. The van der Waals surface area contributed by atoms with Gasteiger partial charge in [0.1, 0.15) is 0 Å². The molecular formula is C23H19N3OS2. The summed E-state index contributed by atoms with van der Waals surface area (Å²) in [5, 5.41) is 10.9. The highest BCUT2D eigenvalue weighted by Gasteiger charge is 2.12. The van der Waals surface area contributed by atoms with Gasteiger partial charge in [-0.05, 0) is 54.5 Å². The van der Waals surface area contributed by atoms with E-state index >= 15 is 0 Å². The van der Waals surface area contributed by atoms with Gasteiger partial charge in [-0.1, -0.05) is 54.1 Å². The molecule has 0 radical (unpaired) electrons. The van der Waals surface area contributed by atoms with Crippen molar-refractivity contribution in [3.8, 4) is 11.3 Å². The molecule has 0 unspecified atom stereocenters. The van der Waals surface area contributed by atoms with Gasteiger partial charge in [0.2, 0.25) is 0 Å². The number of aromatic nitrogens is 1. The molecule has 0 aliphatic heterocycles. The fourth-order valence-electron chi connectivity index (χ4n) is 3.18. The average Bonchev–Trinajstić information content (AvgIpc) is 3.15. The van der Waals surface area contributed by atoms with Gasteiger partial charge >= 0.3 is 0 Å². The molecule has 0 bridgehead atoms. The summed E-state index contributed by atoms with van der Waals surface area (Å²) in [6.07, 6.45) is 0. The van der Waals surface area contributed by atoms with E-state index in [2.05, 4.69) is 45.9 Å². The van der Waals surface area contributed by atoms with E-state index in [1.165, 1.54) is 22.1 Å². The molecule has 1 amide bonds. The highest BCUT2D eigenvalue weighted by molar-refractivity contribution is 7.80. The Hall–Kier alpha value is -3.09. The number of thiazole rings is 1. The normalized spacial score (nSPS) is 10.7. The summed E-state index contributed by atoms with van der Waals surface area (Å²) in [6.45, 7) is 3.91. The van der Waals surface area contributed by atoms with Gasteiger partial charge in [-0.15, -0.1) is 11.3 Å². The van der Waals surface area contributed by atoms with Crippen molar-refractivity contribution in [1.29, 1.82) is 0 Å². The van der Waals surface area contributed by atoms with E-state index < -0.39 is 0 Å². The van der Waals surface area contributed by atoms with Gasteiger partial charge < -0.3 is 5.32 Å². The summed E-state index contributed by atoms with van der Waals surface area (Å²) < 4.78 is 0. The first-order valence-corrected chi connectivity index (χ1v) is 10.4. The molecule has 3 aromatic carbocycles. The van der Waals surface area contributed by atoms with Crippen LogP contribution in [0.2, 0.25) is 0 Å². The van der Waals surface area contributed by atoms with E-state index in [0.717, 1.165) is 22.4 Å². The smallest absolute Gasteiger partial charge is 0.257 e. The van der Waals surface area contributed by atoms with Gasteiger partial charge in [-0.2, -0.15) is 0 Å². The first-order valence-electron chi connectivity index (χ1n) is 9.14. The predicted octanol–water partition coefficient (Wildman–Crippen LogP) is 5.71. The van der Waals surface area contributed by atoms with Gasteiger partial charge in [0.15, 0.2) is 10.2 Å². The molecule has 1 aromatic heterocycles. The van der Waals surface area contributed by atoms with Crippen molar-refractivity contribution in [3.63, 3.8) is 0 Å². The van der Waals surface area contributed by atoms with E-state index in [9.17, 15) is 4.79 Å². The molecule has 0 aliphatic carbocycles. The first kappa shape index (κ1) is 19.2. The lowest BCUT2D eigenvalue weighted by Gasteiger charge is -2.09. The fourth-order valence-corrected chi connectivity index (χ4v) is 4.16. The van der Waals surface area contributed by atoms with E-state index in [-0.39, 0.29) is 11.0 Å². The zero-order chi connectivity index (χ0) is 20.4. The molecule has 0 spiro atoms. The Morgan fingerprint density at radius 2 is 1.79 bits per heavy atom. The Kier molecular flexibility index (Phi) is 5.38. The molecule has 0 aliphatic rings. The number of anilines is 1. The van der Waals surface area contributed by atoms with Crippen molar-refractivity contribution in [2.24, 2.45) is 0 Å². The molecule has 0 fully saturated rings. The van der Waals surface area contributed by atoms with Crippen LogP contribution in [0.25, 0.3) is 22.0 Å². The lowest BCUT2D eigenvalue weighted by molar-refractivity contribution is 0.0977. The predicted molar refractivity (Wildman–Crippen MR) is 125 cm³/mol.